The van der Waals surface area contributed by atoms with E-state index >= 15 is 0 Å². The van der Waals surface area contributed by atoms with Gasteiger partial charge in [-0.1, -0.05) is 12.1 Å². The van der Waals surface area contributed by atoms with Gasteiger partial charge in [-0.05, 0) is 31.5 Å². The second-order valence-corrected chi connectivity index (χ2v) is 4.32. The highest BCUT2D eigenvalue weighted by molar-refractivity contribution is 5.29. The van der Waals surface area contributed by atoms with Crippen molar-refractivity contribution >= 4 is 0 Å². The fourth-order valence-electron chi connectivity index (χ4n) is 1.62. The lowest BCUT2D eigenvalue weighted by atomic mass is 10.1. The quantitative estimate of drug-likeness (QED) is 0.789. The Morgan fingerprint density at radius 1 is 1.22 bits per heavy atom. The van der Waals surface area contributed by atoms with Gasteiger partial charge in [-0.15, -0.1) is 0 Å². The lowest BCUT2D eigenvalue weighted by Crippen LogP contribution is -2.31. The van der Waals surface area contributed by atoms with Crippen molar-refractivity contribution in [2.24, 2.45) is 5.73 Å². The van der Waals surface area contributed by atoms with Crippen LogP contribution in [0, 0.1) is 0 Å². The Balaban J connectivity index is 2.63. The van der Waals surface area contributed by atoms with Gasteiger partial charge in [0.1, 0.15) is 5.75 Å². The van der Waals surface area contributed by atoms with E-state index in [1.807, 2.05) is 38.1 Å². The standard InChI is InChI=1S/C13H20F2N2O/c1-9(2)18-11-5-3-10(4-6-11)12(7-16)17-8-13(14)15/h3-6,9,12-13,17H,7-8,16H2,1-2H3. The molecule has 0 saturated carbocycles. The van der Waals surface area contributed by atoms with Crippen LogP contribution in [0.2, 0.25) is 0 Å². The molecule has 18 heavy (non-hydrogen) atoms. The third-order valence-corrected chi connectivity index (χ3v) is 2.41. The number of ether oxygens (including phenoxy) is 1. The first-order valence-corrected chi connectivity index (χ1v) is 6.01. The van der Waals surface area contributed by atoms with Crippen LogP contribution in [-0.4, -0.2) is 25.6 Å². The lowest BCUT2D eigenvalue weighted by molar-refractivity contribution is 0.141. The summed E-state index contributed by atoms with van der Waals surface area (Å²) in [5, 5.41) is 2.73. The van der Waals surface area contributed by atoms with Crippen molar-refractivity contribution < 1.29 is 13.5 Å². The molecule has 3 nitrogen and oxygen atoms in total. The maximum atomic E-state index is 12.1. The topological polar surface area (TPSA) is 47.3 Å². The van der Waals surface area contributed by atoms with Gasteiger partial charge >= 0.3 is 0 Å². The number of benzene rings is 1. The molecule has 0 fully saturated rings. The van der Waals surface area contributed by atoms with E-state index < -0.39 is 6.43 Å². The van der Waals surface area contributed by atoms with E-state index in [0.29, 0.717) is 0 Å². The van der Waals surface area contributed by atoms with E-state index in [1.165, 1.54) is 0 Å². The normalized spacial score (nSPS) is 13.1. The zero-order valence-corrected chi connectivity index (χ0v) is 10.7. The molecule has 0 aromatic heterocycles. The first-order chi connectivity index (χ1) is 8.52. The molecular formula is C13H20F2N2O. The van der Waals surface area contributed by atoms with E-state index in [4.69, 9.17) is 10.5 Å². The molecule has 1 unspecified atom stereocenters. The van der Waals surface area contributed by atoms with E-state index in [2.05, 4.69) is 5.32 Å². The van der Waals surface area contributed by atoms with Crippen molar-refractivity contribution in [3.63, 3.8) is 0 Å². The zero-order valence-electron chi connectivity index (χ0n) is 10.7. The smallest absolute Gasteiger partial charge is 0.250 e. The Morgan fingerprint density at radius 2 is 1.83 bits per heavy atom. The summed E-state index contributed by atoms with van der Waals surface area (Å²) in [4.78, 5) is 0. The summed E-state index contributed by atoms with van der Waals surface area (Å²) >= 11 is 0. The second-order valence-electron chi connectivity index (χ2n) is 4.32. The Bertz CT molecular complexity index is 341. The van der Waals surface area contributed by atoms with Gasteiger partial charge in [-0.25, -0.2) is 8.78 Å². The maximum absolute atomic E-state index is 12.1. The van der Waals surface area contributed by atoms with E-state index in [0.717, 1.165) is 11.3 Å². The molecule has 1 atom stereocenters. The van der Waals surface area contributed by atoms with Crippen LogP contribution >= 0.6 is 0 Å². The van der Waals surface area contributed by atoms with Crippen LogP contribution < -0.4 is 15.8 Å². The molecule has 102 valence electrons. The molecule has 0 heterocycles. The Hall–Kier alpha value is -1.20. The molecule has 0 spiro atoms. The molecule has 0 bridgehead atoms. The average Bonchev–Trinajstić information content (AvgIpc) is 2.31. The van der Waals surface area contributed by atoms with Crippen LogP contribution in [0.4, 0.5) is 8.78 Å². The van der Waals surface area contributed by atoms with Crippen LogP contribution in [0.25, 0.3) is 0 Å². The fraction of sp³-hybridized carbons (Fsp3) is 0.538. The van der Waals surface area contributed by atoms with Gasteiger partial charge in [0.05, 0.1) is 12.6 Å². The molecule has 1 rings (SSSR count). The predicted molar refractivity (Wildman–Crippen MR) is 68.0 cm³/mol. The molecule has 1 aromatic carbocycles. The monoisotopic (exact) mass is 258 g/mol. The molecule has 0 amide bonds. The first-order valence-electron chi connectivity index (χ1n) is 6.01. The molecule has 5 heteroatoms. The molecule has 0 radical (unpaired) electrons. The molecule has 0 aliphatic heterocycles. The molecular weight excluding hydrogens is 238 g/mol. The van der Waals surface area contributed by atoms with Gasteiger partial charge in [0.25, 0.3) is 6.43 Å². The number of hydrogen-bond donors (Lipinski definition) is 2. The molecule has 0 aliphatic carbocycles. The van der Waals surface area contributed by atoms with E-state index in [-0.39, 0.29) is 25.2 Å². The number of hydrogen-bond acceptors (Lipinski definition) is 3. The molecule has 0 saturated heterocycles. The number of alkyl halides is 2. The van der Waals surface area contributed by atoms with Gasteiger partial charge in [0.2, 0.25) is 0 Å². The Morgan fingerprint density at radius 3 is 2.28 bits per heavy atom. The van der Waals surface area contributed by atoms with Crippen molar-refractivity contribution in [3.05, 3.63) is 29.8 Å². The minimum Gasteiger partial charge on any atom is -0.491 e. The van der Waals surface area contributed by atoms with E-state index in [1.54, 1.807) is 0 Å². The van der Waals surface area contributed by atoms with Crippen LogP contribution in [0.15, 0.2) is 24.3 Å². The highest BCUT2D eigenvalue weighted by Crippen LogP contribution is 2.18. The molecule has 3 N–H and O–H groups in total. The SMILES string of the molecule is CC(C)Oc1ccc(C(CN)NCC(F)F)cc1. The maximum Gasteiger partial charge on any atom is 0.250 e. The summed E-state index contributed by atoms with van der Waals surface area (Å²) in [7, 11) is 0. The third kappa shape index (κ3) is 4.98. The number of nitrogens with two attached hydrogens (primary N) is 1. The van der Waals surface area contributed by atoms with Crippen molar-refractivity contribution in [2.75, 3.05) is 13.1 Å². The molecule has 1 aromatic rings. The third-order valence-electron chi connectivity index (χ3n) is 2.41. The van der Waals surface area contributed by atoms with Gasteiger partial charge in [0.15, 0.2) is 0 Å². The number of rotatable bonds is 7. The average molecular weight is 258 g/mol. The van der Waals surface area contributed by atoms with Gasteiger partial charge < -0.3 is 15.8 Å². The Kier molecular flexibility index (Phi) is 6.01. The predicted octanol–water partition coefficient (Wildman–Crippen LogP) is 2.33. The summed E-state index contributed by atoms with van der Waals surface area (Å²) < 4.78 is 29.8. The largest absolute Gasteiger partial charge is 0.491 e. The lowest BCUT2D eigenvalue weighted by Gasteiger charge is -2.18. The molecule has 0 aliphatic rings. The van der Waals surface area contributed by atoms with Crippen molar-refractivity contribution in [1.29, 1.82) is 0 Å². The minimum absolute atomic E-state index is 0.109. The first kappa shape index (κ1) is 14.9. The minimum atomic E-state index is -2.37. The Labute approximate surface area is 106 Å². The number of nitrogens with one attached hydrogen (secondary N) is 1. The summed E-state index contributed by atoms with van der Waals surface area (Å²) in [6, 6.07) is 7.07. The van der Waals surface area contributed by atoms with Crippen LogP contribution in [0.3, 0.4) is 0 Å². The highest BCUT2D eigenvalue weighted by Gasteiger charge is 2.11. The van der Waals surface area contributed by atoms with Crippen LogP contribution in [0.5, 0.6) is 5.75 Å². The fourth-order valence-corrected chi connectivity index (χ4v) is 1.62. The van der Waals surface area contributed by atoms with Crippen molar-refractivity contribution in [3.8, 4) is 5.75 Å². The summed E-state index contributed by atoms with van der Waals surface area (Å²) in [5.41, 5.74) is 6.45. The zero-order chi connectivity index (χ0) is 13.5. The summed E-state index contributed by atoms with van der Waals surface area (Å²) in [6.45, 7) is 3.81. The number of halogens is 2. The van der Waals surface area contributed by atoms with Crippen molar-refractivity contribution in [1.82, 2.24) is 5.32 Å². The highest BCUT2D eigenvalue weighted by atomic mass is 19.3. The van der Waals surface area contributed by atoms with Crippen molar-refractivity contribution in [2.45, 2.75) is 32.4 Å². The van der Waals surface area contributed by atoms with Gasteiger partial charge in [0, 0.05) is 12.6 Å². The van der Waals surface area contributed by atoms with E-state index in [9.17, 15) is 8.78 Å². The van der Waals surface area contributed by atoms with Gasteiger partial charge in [-0.3, -0.25) is 0 Å². The second kappa shape index (κ2) is 7.28. The van der Waals surface area contributed by atoms with Crippen LogP contribution in [-0.2, 0) is 0 Å². The summed E-state index contributed by atoms with van der Waals surface area (Å²) in [5.74, 6) is 0.762. The summed E-state index contributed by atoms with van der Waals surface area (Å²) in [6.07, 6.45) is -2.26. The van der Waals surface area contributed by atoms with Gasteiger partial charge in [-0.2, -0.15) is 0 Å². The van der Waals surface area contributed by atoms with Crippen LogP contribution in [0.1, 0.15) is 25.5 Å².